The third kappa shape index (κ3) is 5.83. The number of hydrogen-bond donors (Lipinski definition) is 2. The molecule has 2 atom stereocenters. The van der Waals surface area contributed by atoms with E-state index < -0.39 is 34.0 Å². The van der Waals surface area contributed by atoms with Gasteiger partial charge in [-0.3, -0.25) is 9.59 Å². The van der Waals surface area contributed by atoms with Crippen LogP contribution >= 0.6 is 11.3 Å². The van der Waals surface area contributed by atoms with E-state index in [4.69, 9.17) is 4.74 Å². The number of thiophene rings is 1. The van der Waals surface area contributed by atoms with Crippen molar-refractivity contribution in [1.29, 1.82) is 0 Å². The topological polar surface area (TPSA) is 114 Å². The fourth-order valence-corrected chi connectivity index (χ4v) is 5.82. The van der Waals surface area contributed by atoms with E-state index in [9.17, 15) is 31.8 Å². The summed E-state index contributed by atoms with van der Waals surface area (Å²) in [7, 11) is -3.65. The highest BCUT2D eigenvalue weighted by molar-refractivity contribution is 7.91. The maximum absolute atomic E-state index is 12.6. The number of halogens is 3. The van der Waals surface area contributed by atoms with Crippen molar-refractivity contribution in [3.8, 4) is 0 Å². The number of carbonyl (C=O) groups is 3. The fourth-order valence-electron chi connectivity index (χ4n) is 3.30. The number of anilines is 1. The van der Waals surface area contributed by atoms with Gasteiger partial charge in [-0.1, -0.05) is 0 Å². The van der Waals surface area contributed by atoms with Crippen LogP contribution in [0.3, 0.4) is 0 Å². The molecular formula is C18H22F3N3O5S2. The van der Waals surface area contributed by atoms with Gasteiger partial charge in [0, 0.05) is 23.1 Å². The molecule has 31 heavy (non-hydrogen) atoms. The Balaban J connectivity index is 1.85. The number of amides is 2. The molecule has 2 aliphatic rings. The fraction of sp³-hybridized carbons (Fsp3) is 0.611. The molecule has 1 fully saturated rings. The maximum atomic E-state index is 12.6. The Morgan fingerprint density at radius 1 is 1.26 bits per heavy atom. The first-order valence-electron chi connectivity index (χ1n) is 9.64. The van der Waals surface area contributed by atoms with Gasteiger partial charge in [-0.2, -0.15) is 13.2 Å². The molecule has 13 heteroatoms. The summed E-state index contributed by atoms with van der Waals surface area (Å²) in [6.07, 6.45) is -1.67. The molecule has 0 saturated heterocycles. The Bertz CT molecular complexity index is 1020. The lowest BCUT2D eigenvalue weighted by atomic mass is 9.92. The van der Waals surface area contributed by atoms with Crippen molar-refractivity contribution in [1.82, 2.24) is 4.72 Å². The summed E-state index contributed by atoms with van der Waals surface area (Å²) >= 11 is 1.27. The Hall–Kier alpha value is -1.99. The third-order valence-corrected chi connectivity index (χ3v) is 7.30. The first kappa shape index (κ1) is 23.7. The normalized spacial score (nSPS) is 20.4. The van der Waals surface area contributed by atoms with E-state index in [2.05, 4.69) is 14.4 Å². The second kappa shape index (κ2) is 8.87. The van der Waals surface area contributed by atoms with E-state index in [1.165, 1.54) is 11.3 Å². The first-order chi connectivity index (χ1) is 14.4. The number of fused-ring (bicyclic) bond motifs is 1. The number of carbonyl (C=O) groups excluding carboxylic acids is 3. The Labute approximate surface area is 181 Å². The van der Waals surface area contributed by atoms with Crippen molar-refractivity contribution in [3.05, 3.63) is 16.0 Å². The minimum Gasteiger partial charge on any atom is -0.462 e. The molecule has 2 N–H and O–H groups in total. The van der Waals surface area contributed by atoms with Gasteiger partial charge < -0.3 is 10.1 Å². The van der Waals surface area contributed by atoms with Crippen LogP contribution in [0.25, 0.3) is 0 Å². The standard InChI is InChI=1S/C18H22F3N3O5S2/c1-3-29-16(26)13-11-8-10(23-31(2,28)24-17(27)18(19,20)21)6-7-12(11)30-15(13)22-14(25)9-4-5-9/h9-10H,3-8H2,1-2H3,(H,22,25)(H,23,24,27,28). The smallest absolute Gasteiger partial charge is 0.462 e. The molecule has 172 valence electrons. The van der Waals surface area contributed by atoms with Crippen LogP contribution in [0.4, 0.5) is 18.2 Å². The average Bonchev–Trinajstić information content (AvgIpc) is 3.42. The molecule has 2 amide bonds. The van der Waals surface area contributed by atoms with Gasteiger partial charge in [-0.15, -0.1) is 15.7 Å². The van der Waals surface area contributed by atoms with Gasteiger partial charge in [0.15, 0.2) is 0 Å². The molecule has 2 unspecified atom stereocenters. The lowest BCUT2D eigenvalue weighted by molar-refractivity contribution is -0.169. The number of nitrogens with zero attached hydrogens (tertiary/aromatic N) is 1. The molecule has 0 radical (unpaired) electrons. The van der Waals surface area contributed by atoms with Crippen molar-refractivity contribution in [2.45, 2.75) is 51.2 Å². The zero-order chi connectivity index (χ0) is 23.0. The van der Waals surface area contributed by atoms with E-state index in [0.29, 0.717) is 23.4 Å². The van der Waals surface area contributed by atoms with Gasteiger partial charge in [-0.05, 0) is 44.6 Å². The van der Waals surface area contributed by atoms with Gasteiger partial charge in [0.2, 0.25) is 5.91 Å². The molecule has 8 nitrogen and oxygen atoms in total. The average molecular weight is 482 g/mol. The largest absolute Gasteiger partial charge is 0.474 e. The van der Waals surface area contributed by atoms with Crippen molar-refractivity contribution in [2.75, 3.05) is 18.2 Å². The van der Waals surface area contributed by atoms with Crippen LogP contribution in [0.5, 0.6) is 0 Å². The number of rotatable bonds is 6. The van der Waals surface area contributed by atoms with Gasteiger partial charge in [0.1, 0.15) is 14.9 Å². The van der Waals surface area contributed by atoms with E-state index >= 15 is 0 Å². The minimum absolute atomic E-state index is 0.0684. The second-order valence-corrected chi connectivity index (χ2v) is 10.6. The van der Waals surface area contributed by atoms with Crippen LogP contribution in [-0.4, -0.2) is 47.1 Å². The zero-order valence-corrected chi connectivity index (χ0v) is 18.5. The monoisotopic (exact) mass is 481 g/mol. The number of alkyl halides is 3. The van der Waals surface area contributed by atoms with Gasteiger partial charge in [0.05, 0.1) is 12.2 Å². The van der Waals surface area contributed by atoms with Crippen LogP contribution in [0.15, 0.2) is 4.36 Å². The predicted molar refractivity (Wildman–Crippen MR) is 108 cm³/mol. The van der Waals surface area contributed by atoms with Crippen LogP contribution < -0.4 is 10.0 Å². The molecule has 0 spiro atoms. The number of hydrogen-bond acceptors (Lipinski definition) is 6. The summed E-state index contributed by atoms with van der Waals surface area (Å²) in [6.45, 7) is 1.78. The Kier molecular flexibility index (Phi) is 6.77. The van der Waals surface area contributed by atoms with Crippen LogP contribution in [-0.2, 0) is 37.1 Å². The Morgan fingerprint density at radius 2 is 1.94 bits per heavy atom. The van der Waals surface area contributed by atoms with Crippen molar-refractivity contribution in [2.24, 2.45) is 10.3 Å². The number of ether oxygens (including phenoxy) is 1. The van der Waals surface area contributed by atoms with Crippen molar-refractivity contribution in [3.63, 3.8) is 0 Å². The van der Waals surface area contributed by atoms with E-state index in [1.807, 2.05) is 0 Å². The molecule has 3 rings (SSSR count). The highest BCUT2D eigenvalue weighted by atomic mass is 32.2. The molecule has 2 aliphatic carbocycles. The predicted octanol–water partition coefficient (Wildman–Crippen LogP) is 2.82. The summed E-state index contributed by atoms with van der Waals surface area (Å²) < 4.78 is 60.2. The van der Waals surface area contributed by atoms with Crippen LogP contribution in [0.1, 0.15) is 47.0 Å². The maximum Gasteiger partial charge on any atom is 0.474 e. The quantitative estimate of drug-likeness (QED) is 0.607. The van der Waals surface area contributed by atoms with Gasteiger partial charge in [-0.25, -0.2) is 13.7 Å². The van der Waals surface area contributed by atoms with Crippen LogP contribution in [0, 0.1) is 5.92 Å². The van der Waals surface area contributed by atoms with Crippen molar-refractivity contribution >= 4 is 44.0 Å². The summed E-state index contributed by atoms with van der Waals surface area (Å²) in [4.78, 5) is 36.7. The number of aryl methyl sites for hydroxylation is 1. The van der Waals surface area contributed by atoms with Crippen molar-refractivity contribution < 1.29 is 36.5 Å². The Morgan fingerprint density at radius 3 is 2.52 bits per heavy atom. The highest BCUT2D eigenvalue weighted by Crippen LogP contribution is 2.40. The number of nitrogens with one attached hydrogen (secondary N) is 2. The molecule has 1 heterocycles. The summed E-state index contributed by atoms with van der Waals surface area (Å²) in [5.74, 6) is -3.27. The summed E-state index contributed by atoms with van der Waals surface area (Å²) in [5.41, 5.74) is 0.809. The third-order valence-electron chi connectivity index (χ3n) is 4.81. The molecule has 1 saturated carbocycles. The summed E-state index contributed by atoms with van der Waals surface area (Å²) in [6, 6.07) is -0.579. The van der Waals surface area contributed by atoms with E-state index in [0.717, 1.165) is 24.0 Å². The first-order valence-corrected chi connectivity index (χ1v) is 12.4. The second-order valence-electron chi connectivity index (χ2n) is 7.45. The van der Waals surface area contributed by atoms with Crippen LogP contribution in [0.2, 0.25) is 0 Å². The molecular weight excluding hydrogens is 459 g/mol. The lowest BCUT2D eigenvalue weighted by Gasteiger charge is -2.24. The minimum atomic E-state index is -5.21. The highest BCUT2D eigenvalue weighted by Gasteiger charge is 2.40. The summed E-state index contributed by atoms with van der Waals surface area (Å²) in [5, 5.41) is 3.17. The SMILES string of the molecule is CCOC(=O)c1c(NC(=O)C2CC2)sc2c1CC(NS(C)(=O)=NC(=O)C(F)(F)F)CC2. The van der Waals surface area contributed by atoms with Gasteiger partial charge >= 0.3 is 18.1 Å². The molecule has 0 aliphatic heterocycles. The molecule has 1 aromatic heterocycles. The van der Waals surface area contributed by atoms with E-state index in [1.54, 1.807) is 6.92 Å². The lowest BCUT2D eigenvalue weighted by Crippen LogP contribution is -2.39. The van der Waals surface area contributed by atoms with Gasteiger partial charge in [0.25, 0.3) is 0 Å². The molecule has 1 aromatic rings. The molecule has 0 bridgehead atoms. The van der Waals surface area contributed by atoms with E-state index in [-0.39, 0.29) is 30.4 Å². The number of esters is 1. The zero-order valence-electron chi connectivity index (χ0n) is 16.8. The molecule has 0 aromatic carbocycles.